The maximum atomic E-state index is 8.80. The van der Waals surface area contributed by atoms with Gasteiger partial charge in [-0.15, -0.1) is 0 Å². The Morgan fingerprint density at radius 2 is 2.29 bits per heavy atom. The van der Waals surface area contributed by atoms with Gasteiger partial charge in [-0.25, -0.2) is 4.98 Å². The number of aromatic nitrogens is 1. The fraction of sp³-hybridized carbons (Fsp3) is 0.200. The third kappa shape index (κ3) is 2.86. The maximum absolute atomic E-state index is 8.80. The number of nitriles is 1. The van der Waals surface area contributed by atoms with Crippen molar-refractivity contribution >= 4 is 22.0 Å². The first-order chi connectivity index (χ1) is 6.63. The van der Waals surface area contributed by atoms with Crippen molar-refractivity contribution in [3.63, 3.8) is 0 Å². The Morgan fingerprint density at radius 1 is 1.57 bits per heavy atom. The molecular weight excluding hydrogens is 242 g/mol. The van der Waals surface area contributed by atoms with Crippen LogP contribution >= 0.6 is 15.9 Å². The molecule has 4 heteroatoms. The van der Waals surface area contributed by atoms with E-state index in [1.807, 2.05) is 43.4 Å². The van der Waals surface area contributed by atoms with Gasteiger partial charge >= 0.3 is 0 Å². The number of hydrogen-bond acceptors (Lipinski definition) is 3. The number of pyridine rings is 1. The van der Waals surface area contributed by atoms with Gasteiger partial charge < -0.3 is 4.90 Å². The van der Waals surface area contributed by atoms with Gasteiger partial charge in [-0.3, -0.25) is 0 Å². The van der Waals surface area contributed by atoms with Crippen molar-refractivity contribution in [1.82, 2.24) is 9.88 Å². The van der Waals surface area contributed by atoms with E-state index in [0.29, 0.717) is 5.69 Å². The Morgan fingerprint density at radius 3 is 2.86 bits per heavy atom. The number of halogens is 1. The minimum Gasteiger partial charge on any atom is -0.383 e. The van der Waals surface area contributed by atoms with E-state index in [1.165, 1.54) is 0 Å². The molecule has 1 aromatic heterocycles. The summed E-state index contributed by atoms with van der Waals surface area (Å²) in [5.74, 6) is 0. The standard InChI is InChI=1S/C10H10BrN3/c1-14(2)4-3-8-5-9(11)7-13-10(8)6-12/h3-5,7H,1-2H3/b4-3+. The van der Waals surface area contributed by atoms with Crippen molar-refractivity contribution in [1.29, 1.82) is 5.26 Å². The molecule has 0 amide bonds. The summed E-state index contributed by atoms with van der Waals surface area (Å²) in [6.45, 7) is 0. The highest BCUT2D eigenvalue weighted by Gasteiger charge is 2.00. The van der Waals surface area contributed by atoms with Crippen LogP contribution in [-0.4, -0.2) is 24.0 Å². The molecule has 0 saturated heterocycles. The summed E-state index contributed by atoms with van der Waals surface area (Å²) in [7, 11) is 3.85. The largest absolute Gasteiger partial charge is 0.383 e. The third-order valence-electron chi connectivity index (χ3n) is 1.54. The molecule has 0 fully saturated rings. The molecular formula is C10H10BrN3. The van der Waals surface area contributed by atoms with E-state index in [1.54, 1.807) is 6.20 Å². The van der Waals surface area contributed by atoms with Crippen LogP contribution in [0.3, 0.4) is 0 Å². The molecule has 0 bridgehead atoms. The van der Waals surface area contributed by atoms with Crippen LogP contribution < -0.4 is 0 Å². The highest BCUT2D eigenvalue weighted by atomic mass is 79.9. The van der Waals surface area contributed by atoms with Crippen molar-refractivity contribution in [3.8, 4) is 6.07 Å². The van der Waals surface area contributed by atoms with Gasteiger partial charge in [0.1, 0.15) is 11.8 Å². The van der Waals surface area contributed by atoms with Gasteiger partial charge in [0, 0.05) is 30.3 Å². The summed E-state index contributed by atoms with van der Waals surface area (Å²) in [5.41, 5.74) is 1.25. The van der Waals surface area contributed by atoms with Crippen molar-refractivity contribution in [2.45, 2.75) is 0 Å². The van der Waals surface area contributed by atoms with Crippen molar-refractivity contribution in [3.05, 3.63) is 34.2 Å². The molecule has 1 aromatic rings. The topological polar surface area (TPSA) is 39.9 Å². The Hall–Kier alpha value is -1.34. The monoisotopic (exact) mass is 251 g/mol. The lowest BCUT2D eigenvalue weighted by Gasteiger charge is -2.03. The number of hydrogen-bond donors (Lipinski definition) is 0. The molecule has 0 aliphatic rings. The molecule has 14 heavy (non-hydrogen) atoms. The molecule has 72 valence electrons. The molecule has 0 aromatic carbocycles. The molecule has 3 nitrogen and oxygen atoms in total. The summed E-state index contributed by atoms with van der Waals surface area (Å²) in [4.78, 5) is 5.90. The van der Waals surface area contributed by atoms with Crippen LogP contribution in [0.2, 0.25) is 0 Å². The second kappa shape index (κ2) is 4.77. The Bertz CT molecular complexity index is 391. The van der Waals surface area contributed by atoms with Crippen LogP contribution in [0.1, 0.15) is 11.3 Å². The Labute approximate surface area is 91.8 Å². The fourth-order valence-corrected chi connectivity index (χ4v) is 1.25. The van der Waals surface area contributed by atoms with E-state index >= 15 is 0 Å². The zero-order chi connectivity index (χ0) is 10.6. The summed E-state index contributed by atoms with van der Waals surface area (Å²) in [5, 5.41) is 8.80. The molecule has 1 heterocycles. The lowest BCUT2D eigenvalue weighted by molar-refractivity contribution is 0.567. The van der Waals surface area contributed by atoms with Crippen molar-refractivity contribution in [2.24, 2.45) is 0 Å². The van der Waals surface area contributed by atoms with Gasteiger partial charge in [0.25, 0.3) is 0 Å². The van der Waals surface area contributed by atoms with E-state index in [-0.39, 0.29) is 0 Å². The molecule has 0 aliphatic heterocycles. The second-order valence-electron chi connectivity index (χ2n) is 2.98. The first-order valence-electron chi connectivity index (χ1n) is 4.04. The lowest BCUT2D eigenvalue weighted by Crippen LogP contribution is -2.00. The van der Waals surface area contributed by atoms with Crippen LogP contribution in [0, 0.1) is 11.3 Å². The highest BCUT2D eigenvalue weighted by Crippen LogP contribution is 2.14. The average Bonchev–Trinajstić information content (AvgIpc) is 2.15. The predicted octanol–water partition coefficient (Wildman–Crippen LogP) is 2.25. The molecule has 0 saturated carbocycles. The Balaban J connectivity index is 3.06. The lowest BCUT2D eigenvalue weighted by atomic mass is 10.2. The fourth-order valence-electron chi connectivity index (χ4n) is 0.905. The molecule has 0 radical (unpaired) electrons. The first kappa shape index (κ1) is 10.7. The Kier molecular flexibility index (Phi) is 3.66. The second-order valence-corrected chi connectivity index (χ2v) is 3.90. The highest BCUT2D eigenvalue weighted by molar-refractivity contribution is 9.10. The minimum atomic E-state index is 0.436. The van der Waals surface area contributed by atoms with Gasteiger partial charge in [0.2, 0.25) is 0 Å². The van der Waals surface area contributed by atoms with Crippen molar-refractivity contribution in [2.75, 3.05) is 14.1 Å². The smallest absolute Gasteiger partial charge is 0.147 e. The molecule has 0 unspecified atom stereocenters. The van der Waals surface area contributed by atoms with E-state index in [0.717, 1.165) is 10.0 Å². The third-order valence-corrected chi connectivity index (χ3v) is 1.98. The summed E-state index contributed by atoms with van der Waals surface area (Å²) < 4.78 is 0.870. The zero-order valence-corrected chi connectivity index (χ0v) is 9.62. The maximum Gasteiger partial charge on any atom is 0.147 e. The molecule has 1 rings (SSSR count). The van der Waals surface area contributed by atoms with Gasteiger partial charge in [0.05, 0.1) is 0 Å². The summed E-state index contributed by atoms with van der Waals surface area (Å²) in [6.07, 6.45) is 5.35. The van der Waals surface area contributed by atoms with Gasteiger partial charge in [-0.2, -0.15) is 5.26 Å². The van der Waals surface area contributed by atoms with E-state index in [4.69, 9.17) is 5.26 Å². The molecule has 0 aliphatic carbocycles. The predicted molar refractivity (Wildman–Crippen MR) is 59.4 cm³/mol. The van der Waals surface area contributed by atoms with Gasteiger partial charge in [-0.1, -0.05) is 0 Å². The average molecular weight is 252 g/mol. The van der Waals surface area contributed by atoms with Crippen molar-refractivity contribution < 1.29 is 0 Å². The zero-order valence-electron chi connectivity index (χ0n) is 8.03. The SMILES string of the molecule is CN(C)/C=C/c1cc(Br)cnc1C#N. The summed E-state index contributed by atoms with van der Waals surface area (Å²) in [6, 6.07) is 3.91. The van der Waals surface area contributed by atoms with Gasteiger partial charge in [0.15, 0.2) is 0 Å². The van der Waals surface area contributed by atoms with E-state index < -0.39 is 0 Å². The number of nitrogens with zero attached hydrogens (tertiary/aromatic N) is 3. The van der Waals surface area contributed by atoms with Gasteiger partial charge in [-0.05, 0) is 34.3 Å². The van der Waals surface area contributed by atoms with Crippen LogP contribution in [0.25, 0.3) is 6.08 Å². The normalized spacial score (nSPS) is 10.1. The van der Waals surface area contributed by atoms with Crippen LogP contribution in [0.4, 0.5) is 0 Å². The minimum absolute atomic E-state index is 0.436. The molecule has 0 atom stereocenters. The number of rotatable bonds is 2. The molecule has 0 spiro atoms. The van der Waals surface area contributed by atoms with Crippen LogP contribution in [-0.2, 0) is 0 Å². The van der Waals surface area contributed by atoms with E-state index in [2.05, 4.69) is 20.9 Å². The quantitative estimate of drug-likeness (QED) is 0.810. The van der Waals surface area contributed by atoms with Crippen LogP contribution in [0.5, 0.6) is 0 Å². The van der Waals surface area contributed by atoms with Crippen LogP contribution in [0.15, 0.2) is 22.9 Å². The first-order valence-corrected chi connectivity index (χ1v) is 4.83. The molecule has 0 N–H and O–H groups in total. The summed E-state index contributed by atoms with van der Waals surface area (Å²) >= 11 is 3.31. The van der Waals surface area contributed by atoms with E-state index in [9.17, 15) is 0 Å².